The van der Waals surface area contributed by atoms with E-state index in [1.165, 1.54) is 11.1 Å². The van der Waals surface area contributed by atoms with Crippen LogP contribution in [0, 0.1) is 5.41 Å². The summed E-state index contributed by atoms with van der Waals surface area (Å²) >= 11 is 0. The Hall–Kier alpha value is -1.97. The van der Waals surface area contributed by atoms with Crippen LogP contribution < -0.4 is 5.73 Å². The molecule has 0 saturated carbocycles. The fourth-order valence-corrected chi connectivity index (χ4v) is 3.61. The summed E-state index contributed by atoms with van der Waals surface area (Å²) in [4.78, 5) is 6.44. The maximum absolute atomic E-state index is 9.95. The lowest BCUT2D eigenvalue weighted by atomic mass is 9.84. The average molecular weight is 271 g/mol. The number of fused-ring (bicyclic) bond motifs is 1. The van der Waals surface area contributed by atoms with Crippen LogP contribution in [0.3, 0.4) is 0 Å². The third kappa shape index (κ3) is 1.79. The Bertz CT molecular complexity index is 612. The van der Waals surface area contributed by atoms with Crippen LogP contribution in [0.2, 0.25) is 0 Å². The van der Waals surface area contributed by atoms with Crippen molar-refractivity contribution in [3.63, 3.8) is 0 Å². The molecule has 1 aromatic rings. The summed E-state index contributed by atoms with van der Waals surface area (Å²) < 4.78 is 0. The first kappa shape index (κ1) is 13.0. The minimum Gasteiger partial charge on any atom is -0.510 e. The number of aliphatic imine (C=N–C) groups is 1. The van der Waals surface area contributed by atoms with E-state index in [1.54, 1.807) is 6.92 Å². The number of rotatable bonds is 1. The Balaban J connectivity index is 2.08. The van der Waals surface area contributed by atoms with Gasteiger partial charge in [0.15, 0.2) is 0 Å². The zero-order chi connectivity index (χ0) is 14.5. The highest BCUT2D eigenvalue weighted by Gasteiger charge is 2.44. The van der Waals surface area contributed by atoms with Gasteiger partial charge in [0, 0.05) is 0 Å². The number of aliphatic hydroxyl groups is 1. The predicted octanol–water partition coefficient (Wildman–Crippen LogP) is 2.73. The lowest BCUT2D eigenvalue weighted by molar-refractivity contribution is 0.147. The van der Waals surface area contributed by atoms with Crippen molar-refractivity contribution >= 4 is 5.84 Å². The van der Waals surface area contributed by atoms with Crippen LogP contribution in [0.15, 0.2) is 40.7 Å². The summed E-state index contributed by atoms with van der Waals surface area (Å²) in [5, 5.41) is 9.95. The van der Waals surface area contributed by atoms with E-state index in [2.05, 4.69) is 48.0 Å². The minimum absolute atomic E-state index is 0.0878. The van der Waals surface area contributed by atoms with Gasteiger partial charge in [0.2, 0.25) is 0 Å². The van der Waals surface area contributed by atoms with Gasteiger partial charge in [0.1, 0.15) is 24.0 Å². The number of amidine groups is 1. The van der Waals surface area contributed by atoms with Crippen LogP contribution in [-0.4, -0.2) is 22.5 Å². The average Bonchev–Trinajstić information content (AvgIpc) is 2.84. The van der Waals surface area contributed by atoms with Crippen molar-refractivity contribution in [2.45, 2.75) is 33.2 Å². The van der Waals surface area contributed by atoms with Crippen LogP contribution in [0.5, 0.6) is 0 Å². The van der Waals surface area contributed by atoms with Gasteiger partial charge in [-0.15, -0.1) is 0 Å². The monoisotopic (exact) mass is 271 g/mol. The van der Waals surface area contributed by atoms with E-state index in [-0.39, 0.29) is 17.2 Å². The molecule has 0 spiro atoms. The van der Waals surface area contributed by atoms with E-state index < -0.39 is 0 Å². The van der Waals surface area contributed by atoms with Gasteiger partial charge in [-0.3, -0.25) is 0 Å². The number of hydrogen-bond donors (Lipinski definition) is 2. The zero-order valence-corrected chi connectivity index (χ0v) is 12.2. The lowest BCUT2D eigenvalue weighted by Gasteiger charge is -2.37. The minimum atomic E-state index is 0.0878. The molecule has 106 valence electrons. The molecule has 0 amide bonds. The van der Waals surface area contributed by atoms with Crippen LogP contribution in [0.4, 0.5) is 0 Å². The van der Waals surface area contributed by atoms with Gasteiger partial charge in [0.05, 0.1) is 6.04 Å². The molecule has 3 rings (SSSR count). The second-order valence-electron chi connectivity index (χ2n) is 6.36. The topological polar surface area (TPSA) is 61.9 Å². The SMILES string of the molecule is C/C(O)=C1/C(N)=NCN1C1c2ccccc2CC1(C)C. The highest BCUT2D eigenvalue weighted by Crippen LogP contribution is 2.50. The highest BCUT2D eigenvalue weighted by molar-refractivity contribution is 5.98. The first-order valence-electron chi connectivity index (χ1n) is 6.96. The number of allylic oxidation sites excluding steroid dienone is 1. The van der Waals surface area contributed by atoms with Gasteiger partial charge in [-0.05, 0) is 29.9 Å². The number of aliphatic hydroxyl groups excluding tert-OH is 1. The van der Waals surface area contributed by atoms with E-state index in [9.17, 15) is 5.11 Å². The second kappa shape index (κ2) is 4.27. The van der Waals surface area contributed by atoms with Crippen molar-refractivity contribution in [2.75, 3.05) is 6.67 Å². The summed E-state index contributed by atoms with van der Waals surface area (Å²) in [5.41, 5.74) is 9.40. The molecule has 20 heavy (non-hydrogen) atoms. The number of benzene rings is 1. The molecular formula is C16H21N3O. The van der Waals surface area contributed by atoms with Crippen molar-refractivity contribution < 1.29 is 5.11 Å². The number of nitrogens with two attached hydrogens (primary N) is 1. The fourth-order valence-electron chi connectivity index (χ4n) is 3.61. The maximum Gasteiger partial charge on any atom is 0.147 e. The van der Waals surface area contributed by atoms with E-state index in [1.807, 2.05) is 0 Å². The molecule has 1 heterocycles. The molecule has 2 aliphatic rings. The Kier molecular flexibility index (Phi) is 2.78. The van der Waals surface area contributed by atoms with Crippen LogP contribution in [0.1, 0.15) is 37.9 Å². The van der Waals surface area contributed by atoms with Gasteiger partial charge in [-0.1, -0.05) is 38.1 Å². The third-order valence-electron chi connectivity index (χ3n) is 4.31. The Morgan fingerprint density at radius 1 is 1.40 bits per heavy atom. The smallest absolute Gasteiger partial charge is 0.147 e. The maximum atomic E-state index is 9.95. The first-order chi connectivity index (χ1) is 9.42. The van der Waals surface area contributed by atoms with Crippen molar-refractivity contribution in [3.05, 3.63) is 46.8 Å². The Labute approximate surface area is 119 Å². The predicted molar refractivity (Wildman–Crippen MR) is 80.3 cm³/mol. The standard InChI is InChI=1S/C16H21N3O/c1-10(20)13-15(17)18-9-19(13)14-12-7-5-4-6-11(12)8-16(14,2)3/h4-7,14,20H,8-9H2,1-3H3,(H2,17,18)/b13-10+. The van der Waals surface area contributed by atoms with Crippen molar-refractivity contribution in [1.29, 1.82) is 0 Å². The summed E-state index contributed by atoms with van der Waals surface area (Å²) in [6.07, 6.45) is 1.03. The van der Waals surface area contributed by atoms with Crippen molar-refractivity contribution in [2.24, 2.45) is 16.1 Å². The molecule has 1 atom stereocenters. The molecule has 0 aromatic heterocycles. The van der Waals surface area contributed by atoms with Crippen LogP contribution >= 0.6 is 0 Å². The normalized spacial score (nSPS) is 26.4. The van der Waals surface area contributed by atoms with Gasteiger partial charge in [-0.25, -0.2) is 4.99 Å². The number of nitrogens with zero attached hydrogens (tertiary/aromatic N) is 2. The molecule has 1 aliphatic carbocycles. The summed E-state index contributed by atoms with van der Waals surface area (Å²) in [6, 6.07) is 8.71. The second-order valence-corrected chi connectivity index (χ2v) is 6.36. The third-order valence-corrected chi connectivity index (χ3v) is 4.31. The quantitative estimate of drug-likeness (QED) is 0.772. The zero-order valence-electron chi connectivity index (χ0n) is 12.2. The summed E-state index contributed by atoms with van der Waals surface area (Å²) in [7, 11) is 0. The van der Waals surface area contributed by atoms with Gasteiger partial charge in [-0.2, -0.15) is 0 Å². The lowest BCUT2D eigenvalue weighted by Crippen LogP contribution is -2.36. The molecule has 0 radical (unpaired) electrons. The number of hydrogen-bond acceptors (Lipinski definition) is 4. The molecule has 1 unspecified atom stereocenters. The highest BCUT2D eigenvalue weighted by atomic mass is 16.3. The largest absolute Gasteiger partial charge is 0.510 e. The molecule has 4 heteroatoms. The molecule has 0 bridgehead atoms. The van der Waals surface area contributed by atoms with Gasteiger partial charge in [0.25, 0.3) is 0 Å². The van der Waals surface area contributed by atoms with Crippen LogP contribution in [-0.2, 0) is 6.42 Å². The molecule has 4 nitrogen and oxygen atoms in total. The van der Waals surface area contributed by atoms with Crippen molar-refractivity contribution in [3.8, 4) is 0 Å². The van der Waals surface area contributed by atoms with E-state index in [0.29, 0.717) is 18.2 Å². The molecule has 0 saturated heterocycles. The van der Waals surface area contributed by atoms with Crippen LogP contribution in [0.25, 0.3) is 0 Å². The molecule has 0 fully saturated rings. The molecule has 1 aliphatic heterocycles. The molecular weight excluding hydrogens is 250 g/mol. The van der Waals surface area contributed by atoms with Gasteiger partial charge < -0.3 is 15.7 Å². The van der Waals surface area contributed by atoms with E-state index >= 15 is 0 Å². The molecule has 3 N–H and O–H groups in total. The Morgan fingerprint density at radius 3 is 2.80 bits per heavy atom. The summed E-state index contributed by atoms with van der Waals surface area (Å²) in [5.74, 6) is 0.675. The molecule has 1 aromatic carbocycles. The Morgan fingerprint density at radius 2 is 2.10 bits per heavy atom. The van der Waals surface area contributed by atoms with Gasteiger partial charge >= 0.3 is 0 Å². The fraction of sp³-hybridized carbons (Fsp3) is 0.438. The van der Waals surface area contributed by atoms with E-state index in [4.69, 9.17) is 5.73 Å². The summed E-state index contributed by atoms with van der Waals surface area (Å²) in [6.45, 7) is 6.71. The van der Waals surface area contributed by atoms with Crippen molar-refractivity contribution in [1.82, 2.24) is 4.90 Å². The van der Waals surface area contributed by atoms with E-state index in [0.717, 1.165) is 6.42 Å². The first-order valence-corrected chi connectivity index (χ1v) is 6.96.